The van der Waals surface area contributed by atoms with Crippen LogP contribution in [-0.2, 0) is 20.0 Å². The van der Waals surface area contributed by atoms with Crippen LogP contribution in [0.4, 0.5) is 0 Å². The van der Waals surface area contributed by atoms with Crippen molar-refractivity contribution in [3.8, 4) is 0 Å². The van der Waals surface area contributed by atoms with Crippen molar-refractivity contribution >= 4 is 15.9 Å². The third-order valence-electron chi connectivity index (χ3n) is 3.56. The maximum absolute atomic E-state index is 4.54. The summed E-state index contributed by atoms with van der Waals surface area (Å²) in [6.45, 7) is 5.13. The Bertz CT molecular complexity index is 556. The number of nitrogens with one attached hydrogen (secondary N) is 1. The smallest absolute Gasteiger partial charge is 0.0767 e. The highest BCUT2D eigenvalue weighted by Gasteiger charge is 2.15. The highest BCUT2D eigenvalue weighted by molar-refractivity contribution is 9.10. The Morgan fingerprint density at radius 1 is 1.47 bits per heavy atom. The number of halogens is 1. The first kappa shape index (κ1) is 14.3. The molecule has 1 unspecified atom stereocenters. The van der Waals surface area contributed by atoms with Gasteiger partial charge in [-0.2, -0.15) is 5.10 Å². The molecule has 0 aliphatic heterocycles. The summed E-state index contributed by atoms with van der Waals surface area (Å²) in [5, 5.41) is 7.83. The normalized spacial score (nSPS) is 12.9. The molecule has 0 bridgehead atoms. The average molecular weight is 325 g/mol. The third-order valence-corrected chi connectivity index (χ3v) is 4.48. The van der Waals surface area contributed by atoms with Crippen molar-refractivity contribution in [2.24, 2.45) is 7.05 Å². The van der Waals surface area contributed by atoms with E-state index in [1.54, 1.807) is 0 Å². The van der Waals surface area contributed by atoms with Crippen molar-refractivity contribution < 1.29 is 0 Å². The Morgan fingerprint density at radius 3 is 2.79 bits per heavy atom. The fourth-order valence-corrected chi connectivity index (χ4v) is 3.01. The zero-order valence-corrected chi connectivity index (χ0v) is 13.5. The topological polar surface area (TPSA) is 34.8 Å². The molecular weight excluding hydrogens is 304 g/mol. The van der Waals surface area contributed by atoms with E-state index >= 15 is 0 Å². The molecule has 0 aliphatic rings. The minimum absolute atomic E-state index is 0.340. The number of aromatic nitrogens is 3. The van der Waals surface area contributed by atoms with Crippen LogP contribution in [0.5, 0.6) is 0 Å². The van der Waals surface area contributed by atoms with Crippen molar-refractivity contribution in [1.29, 1.82) is 0 Å². The Hall–Kier alpha value is -1.07. The molecular formula is C14H21BrN4. The second-order valence-electron chi connectivity index (χ2n) is 4.76. The SMILES string of the molecule is CCc1nn(C)c(Cn2cccc2C(C)NC)c1Br. The monoisotopic (exact) mass is 324 g/mol. The standard InChI is InChI=1S/C14H21BrN4/c1-5-11-14(15)13(18(4)17-11)9-19-8-6-7-12(19)10(2)16-3/h6-8,10,16H,5,9H2,1-4H3. The molecule has 0 aromatic carbocycles. The third kappa shape index (κ3) is 2.77. The van der Waals surface area contributed by atoms with Gasteiger partial charge in [0.15, 0.2) is 0 Å². The molecule has 1 N–H and O–H groups in total. The first-order valence-electron chi connectivity index (χ1n) is 6.61. The summed E-state index contributed by atoms with van der Waals surface area (Å²) >= 11 is 3.67. The Kier molecular flexibility index (Phi) is 4.47. The lowest BCUT2D eigenvalue weighted by atomic mass is 10.2. The van der Waals surface area contributed by atoms with E-state index in [0.29, 0.717) is 6.04 Å². The Morgan fingerprint density at radius 2 is 2.21 bits per heavy atom. The molecule has 4 nitrogen and oxygen atoms in total. The molecule has 0 saturated heterocycles. The predicted molar refractivity (Wildman–Crippen MR) is 81.3 cm³/mol. The van der Waals surface area contributed by atoms with Gasteiger partial charge in [-0.05, 0) is 48.5 Å². The Labute approximate surface area is 122 Å². The van der Waals surface area contributed by atoms with Gasteiger partial charge >= 0.3 is 0 Å². The van der Waals surface area contributed by atoms with Crippen LogP contribution in [0.15, 0.2) is 22.8 Å². The van der Waals surface area contributed by atoms with E-state index in [-0.39, 0.29) is 0 Å². The molecule has 0 spiro atoms. The zero-order chi connectivity index (χ0) is 14.0. The van der Waals surface area contributed by atoms with Gasteiger partial charge in [-0.1, -0.05) is 6.92 Å². The summed E-state index contributed by atoms with van der Waals surface area (Å²) in [5.41, 5.74) is 3.61. The van der Waals surface area contributed by atoms with Crippen molar-refractivity contribution in [3.05, 3.63) is 39.9 Å². The molecule has 1 atom stereocenters. The number of hydrogen-bond donors (Lipinski definition) is 1. The Balaban J connectivity index is 2.32. The zero-order valence-electron chi connectivity index (χ0n) is 11.9. The predicted octanol–water partition coefficient (Wildman–Crippen LogP) is 2.88. The lowest BCUT2D eigenvalue weighted by Crippen LogP contribution is -2.17. The summed E-state index contributed by atoms with van der Waals surface area (Å²) in [6, 6.07) is 4.59. The minimum Gasteiger partial charge on any atom is -0.344 e. The summed E-state index contributed by atoms with van der Waals surface area (Å²) < 4.78 is 5.37. The lowest BCUT2D eigenvalue weighted by Gasteiger charge is -2.15. The van der Waals surface area contributed by atoms with Crippen LogP contribution in [0.2, 0.25) is 0 Å². The van der Waals surface area contributed by atoms with E-state index < -0.39 is 0 Å². The fraction of sp³-hybridized carbons (Fsp3) is 0.500. The van der Waals surface area contributed by atoms with Gasteiger partial charge in [-0.15, -0.1) is 0 Å². The minimum atomic E-state index is 0.340. The van der Waals surface area contributed by atoms with Crippen LogP contribution in [0.1, 0.15) is 37.0 Å². The van der Waals surface area contributed by atoms with Crippen molar-refractivity contribution in [3.63, 3.8) is 0 Å². The summed E-state index contributed by atoms with van der Waals surface area (Å²) in [5.74, 6) is 0. The van der Waals surface area contributed by atoms with Gasteiger partial charge in [0.25, 0.3) is 0 Å². The molecule has 0 aliphatic carbocycles. The van der Waals surface area contributed by atoms with E-state index in [0.717, 1.165) is 23.1 Å². The molecule has 2 aromatic heterocycles. The van der Waals surface area contributed by atoms with Crippen molar-refractivity contribution in [2.45, 2.75) is 32.9 Å². The maximum Gasteiger partial charge on any atom is 0.0767 e. The number of nitrogens with zero attached hydrogens (tertiary/aromatic N) is 3. The van der Waals surface area contributed by atoms with E-state index in [4.69, 9.17) is 0 Å². The summed E-state index contributed by atoms with van der Waals surface area (Å²) in [6.07, 6.45) is 3.06. The second kappa shape index (κ2) is 5.92. The first-order chi connectivity index (χ1) is 9.08. The number of aryl methyl sites for hydroxylation is 2. The number of rotatable bonds is 5. The number of hydrogen-bond acceptors (Lipinski definition) is 2. The van der Waals surface area contributed by atoms with E-state index in [2.05, 4.69) is 63.1 Å². The average Bonchev–Trinajstić information content (AvgIpc) is 2.97. The molecule has 0 saturated carbocycles. The van der Waals surface area contributed by atoms with Gasteiger partial charge in [0.1, 0.15) is 0 Å². The van der Waals surface area contributed by atoms with Crippen molar-refractivity contribution in [2.75, 3.05) is 7.05 Å². The van der Waals surface area contributed by atoms with Crippen molar-refractivity contribution in [1.82, 2.24) is 19.7 Å². The van der Waals surface area contributed by atoms with Crippen LogP contribution in [0, 0.1) is 0 Å². The van der Waals surface area contributed by atoms with Crippen LogP contribution in [-0.4, -0.2) is 21.4 Å². The largest absolute Gasteiger partial charge is 0.344 e. The van der Waals surface area contributed by atoms with Gasteiger partial charge in [-0.25, -0.2) is 0 Å². The first-order valence-corrected chi connectivity index (χ1v) is 7.40. The van der Waals surface area contributed by atoms with Gasteiger partial charge in [0.05, 0.1) is 22.4 Å². The second-order valence-corrected chi connectivity index (χ2v) is 5.55. The maximum atomic E-state index is 4.54. The quantitative estimate of drug-likeness (QED) is 0.917. The molecule has 5 heteroatoms. The molecule has 2 aromatic rings. The van der Waals surface area contributed by atoms with E-state index in [1.807, 2.05) is 18.8 Å². The molecule has 0 fully saturated rings. The van der Waals surface area contributed by atoms with Gasteiger partial charge in [0.2, 0.25) is 0 Å². The molecule has 104 valence electrons. The highest BCUT2D eigenvalue weighted by atomic mass is 79.9. The van der Waals surface area contributed by atoms with Crippen LogP contribution < -0.4 is 5.32 Å². The van der Waals surface area contributed by atoms with Gasteiger partial charge in [-0.3, -0.25) is 4.68 Å². The van der Waals surface area contributed by atoms with Crippen LogP contribution >= 0.6 is 15.9 Å². The van der Waals surface area contributed by atoms with Crippen LogP contribution in [0.3, 0.4) is 0 Å². The van der Waals surface area contributed by atoms with Gasteiger partial charge in [0, 0.05) is 25.0 Å². The van der Waals surface area contributed by atoms with E-state index in [9.17, 15) is 0 Å². The molecule has 19 heavy (non-hydrogen) atoms. The summed E-state index contributed by atoms with van der Waals surface area (Å²) in [7, 11) is 3.99. The molecule has 2 heterocycles. The van der Waals surface area contributed by atoms with E-state index in [1.165, 1.54) is 11.4 Å². The van der Waals surface area contributed by atoms with Crippen LogP contribution in [0.25, 0.3) is 0 Å². The fourth-order valence-electron chi connectivity index (χ4n) is 2.27. The lowest BCUT2D eigenvalue weighted by molar-refractivity contribution is 0.574. The highest BCUT2D eigenvalue weighted by Crippen LogP contribution is 2.24. The van der Waals surface area contributed by atoms with Gasteiger partial charge < -0.3 is 9.88 Å². The molecule has 0 amide bonds. The summed E-state index contributed by atoms with van der Waals surface area (Å²) in [4.78, 5) is 0. The molecule has 2 rings (SSSR count). The molecule has 0 radical (unpaired) electrons.